The molecule has 6 nitrogen and oxygen atoms in total. The van der Waals surface area contributed by atoms with Crippen LogP contribution in [0.25, 0.3) is 17.1 Å². The monoisotopic (exact) mass is 462 g/mol. The number of hydrogen-bond donors (Lipinski definition) is 0. The van der Waals surface area contributed by atoms with Gasteiger partial charge in [0, 0.05) is 24.8 Å². The van der Waals surface area contributed by atoms with Gasteiger partial charge in [-0.15, -0.1) is 10.2 Å². The van der Waals surface area contributed by atoms with Gasteiger partial charge in [-0.3, -0.25) is 9.36 Å². The van der Waals surface area contributed by atoms with Crippen LogP contribution in [0.1, 0.15) is 5.56 Å². The Morgan fingerprint density at radius 3 is 2.52 bits per heavy atom. The van der Waals surface area contributed by atoms with Crippen molar-refractivity contribution < 1.29 is 13.9 Å². The van der Waals surface area contributed by atoms with E-state index in [1.807, 2.05) is 59.2 Å². The van der Waals surface area contributed by atoms with Crippen LogP contribution in [0, 0.1) is 5.82 Å². The van der Waals surface area contributed by atoms with Gasteiger partial charge < -0.3 is 9.64 Å². The van der Waals surface area contributed by atoms with E-state index in [0.717, 1.165) is 22.6 Å². The van der Waals surface area contributed by atoms with E-state index in [0.29, 0.717) is 17.5 Å². The first-order chi connectivity index (χ1) is 16.0. The first-order valence-electron chi connectivity index (χ1n) is 10.3. The number of ether oxygens (including phenoxy) is 1. The molecule has 168 valence electrons. The maximum absolute atomic E-state index is 13.4. The average molecular weight is 463 g/mol. The molecule has 1 amide bonds. The van der Waals surface area contributed by atoms with Gasteiger partial charge in [-0.1, -0.05) is 42.1 Å². The van der Waals surface area contributed by atoms with E-state index in [1.54, 1.807) is 31.2 Å². The number of carbonyl (C=O) groups excluding carboxylic acids is 1. The van der Waals surface area contributed by atoms with Crippen molar-refractivity contribution in [2.45, 2.75) is 11.7 Å². The highest BCUT2D eigenvalue weighted by molar-refractivity contribution is 7.99. The quantitative estimate of drug-likeness (QED) is 0.351. The van der Waals surface area contributed by atoms with Crippen molar-refractivity contribution in [2.24, 2.45) is 0 Å². The summed E-state index contributed by atoms with van der Waals surface area (Å²) in [7, 11) is 3.39. The molecule has 0 bridgehead atoms. The van der Waals surface area contributed by atoms with Crippen LogP contribution in [0.4, 0.5) is 4.39 Å². The molecule has 8 heteroatoms. The van der Waals surface area contributed by atoms with Gasteiger partial charge in [-0.25, -0.2) is 4.39 Å². The zero-order valence-electron chi connectivity index (χ0n) is 18.3. The molecule has 0 unspecified atom stereocenters. The Hall–Kier alpha value is -3.65. The van der Waals surface area contributed by atoms with Crippen LogP contribution in [-0.4, -0.2) is 45.5 Å². The largest absolute Gasteiger partial charge is 0.497 e. The van der Waals surface area contributed by atoms with Crippen LogP contribution in [0.15, 0.2) is 84.0 Å². The van der Waals surface area contributed by atoms with Gasteiger partial charge in [0.25, 0.3) is 0 Å². The fourth-order valence-corrected chi connectivity index (χ4v) is 4.22. The highest BCUT2D eigenvalue weighted by atomic mass is 32.2. The van der Waals surface area contributed by atoms with E-state index in [2.05, 4.69) is 10.2 Å². The lowest BCUT2D eigenvalue weighted by Gasteiger charge is -2.17. The van der Waals surface area contributed by atoms with Gasteiger partial charge in [0.05, 0.1) is 12.9 Å². The van der Waals surface area contributed by atoms with Crippen LogP contribution in [-0.2, 0) is 11.3 Å². The van der Waals surface area contributed by atoms with Crippen molar-refractivity contribution in [2.75, 3.05) is 19.9 Å². The highest BCUT2D eigenvalue weighted by Gasteiger charge is 2.18. The van der Waals surface area contributed by atoms with Crippen molar-refractivity contribution in [1.29, 1.82) is 0 Å². The molecule has 4 rings (SSSR count). The molecule has 4 aromatic rings. The molecule has 0 aliphatic carbocycles. The lowest BCUT2D eigenvalue weighted by Crippen LogP contribution is -2.27. The summed E-state index contributed by atoms with van der Waals surface area (Å²) in [6, 6.07) is 23.4. The van der Waals surface area contributed by atoms with Crippen molar-refractivity contribution in [3.63, 3.8) is 0 Å². The number of thioether (sulfide) groups is 1. The van der Waals surface area contributed by atoms with E-state index >= 15 is 0 Å². The van der Waals surface area contributed by atoms with Gasteiger partial charge in [-0.2, -0.15) is 0 Å². The fraction of sp³-hybridized carbons (Fsp3) is 0.160. The van der Waals surface area contributed by atoms with Crippen LogP contribution >= 0.6 is 11.8 Å². The predicted octanol–water partition coefficient (Wildman–Crippen LogP) is 4.83. The minimum atomic E-state index is -0.316. The number of nitrogens with zero attached hydrogens (tertiary/aromatic N) is 4. The normalized spacial score (nSPS) is 10.8. The molecule has 0 aliphatic rings. The summed E-state index contributed by atoms with van der Waals surface area (Å²) < 4.78 is 20.6. The number of aromatic nitrogens is 3. The van der Waals surface area contributed by atoms with Gasteiger partial charge in [-0.05, 0) is 54.1 Å². The third kappa shape index (κ3) is 5.40. The Balaban J connectivity index is 1.53. The Morgan fingerprint density at radius 2 is 1.79 bits per heavy atom. The molecule has 0 aliphatic heterocycles. The predicted molar refractivity (Wildman–Crippen MR) is 127 cm³/mol. The molecule has 0 radical (unpaired) electrons. The first-order valence-corrected chi connectivity index (χ1v) is 11.3. The average Bonchev–Trinajstić information content (AvgIpc) is 3.27. The second-order valence-electron chi connectivity index (χ2n) is 7.37. The molecule has 0 saturated carbocycles. The number of benzene rings is 3. The lowest BCUT2D eigenvalue weighted by molar-refractivity contribution is -0.127. The number of halogens is 1. The second kappa shape index (κ2) is 10.3. The van der Waals surface area contributed by atoms with Crippen LogP contribution < -0.4 is 4.74 Å². The summed E-state index contributed by atoms with van der Waals surface area (Å²) in [4.78, 5) is 14.5. The third-order valence-electron chi connectivity index (χ3n) is 5.05. The standard InChI is InChI=1S/C25H23FN4O2S/c1-29(16-18-7-6-10-22(15-18)32-2)23(31)17-33-25-28-27-24(19-11-13-20(26)14-12-19)30(25)21-8-4-3-5-9-21/h3-15H,16-17H2,1-2H3. The van der Waals surface area contributed by atoms with E-state index in [9.17, 15) is 9.18 Å². The van der Waals surface area contributed by atoms with E-state index in [4.69, 9.17) is 4.74 Å². The first kappa shape index (κ1) is 22.5. The van der Waals surface area contributed by atoms with Gasteiger partial charge in [0.2, 0.25) is 5.91 Å². The van der Waals surface area contributed by atoms with Crippen molar-refractivity contribution >= 4 is 17.7 Å². The number of amides is 1. The van der Waals surface area contributed by atoms with Gasteiger partial charge >= 0.3 is 0 Å². The molecule has 1 heterocycles. The maximum atomic E-state index is 13.4. The number of para-hydroxylation sites is 1. The molecular formula is C25H23FN4O2S. The van der Waals surface area contributed by atoms with E-state index < -0.39 is 0 Å². The van der Waals surface area contributed by atoms with Gasteiger partial charge in [0.1, 0.15) is 11.6 Å². The Morgan fingerprint density at radius 1 is 1.03 bits per heavy atom. The topological polar surface area (TPSA) is 60.2 Å². The molecular weight excluding hydrogens is 439 g/mol. The molecule has 33 heavy (non-hydrogen) atoms. The Bertz CT molecular complexity index is 1230. The Labute approximate surface area is 196 Å². The zero-order valence-corrected chi connectivity index (χ0v) is 19.1. The number of carbonyl (C=O) groups is 1. The van der Waals surface area contributed by atoms with Crippen molar-refractivity contribution in [1.82, 2.24) is 19.7 Å². The number of methoxy groups -OCH3 is 1. The molecule has 0 atom stereocenters. The summed E-state index contributed by atoms with van der Waals surface area (Å²) >= 11 is 1.31. The van der Waals surface area contributed by atoms with Crippen LogP contribution in [0.5, 0.6) is 5.75 Å². The molecule has 0 spiro atoms. The fourth-order valence-electron chi connectivity index (χ4n) is 3.33. The summed E-state index contributed by atoms with van der Waals surface area (Å²) in [5.74, 6) is 1.19. The minimum absolute atomic E-state index is 0.0336. The van der Waals surface area contributed by atoms with Gasteiger partial charge in [0.15, 0.2) is 11.0 Å². The third-order valence-corrected chi connectivity index (χ3v) is 5.97. The summed E-state index contributed by atoms with van der Waals surface area (Å²) in [6.45, 7) is 0.475. The highest BCUT2D eigenvalue weighted by Crippen LogP contribution is 2.28. The number of rotatable bonds is 8. The summed E-state index contributed by atoms with van der Waals surface area (Å²) in [5.41, 5.74) is 2.59. The smallest absolute Gasteiger partial charge is 0.233 e. The summed E-state index contributed by atoms with van der Waals surface area (Å²) in [5, 5.41) is 9.24. The van der Waals surface area contributed by atoms with E-state index in [1.165, 1.54) is 23.9 Å². The lowest BCUT2D eigenvalue weighted by atomic mass is 10.2. The van der Waals surface area contributed by atoms with Crippen LogP contribution in [0.3, 0.4) is 0 Å². The molecule has 0 N–H and O–H groups in total. The van der Waals surface area contributed by atoms with E-state index in [-0.39, 0.29) is 17.5 Å². The van der Waals surface area contributed by atoms with Crippen molar-refractivity contribution in [3.05, 3.63) is 90.2 Å². The summed E-state index contributed by atoms with van der Waals surface area (Å²) in [6.07, 6.45) is 0. The molecule has 0 saturated heterocycles. The number of hydrogen-bond acceptors (Lipinski definition) is 5. The zero-order chi connectivity index (χ0) is 23.2. The van der Waals surface area contributed by atoms with Crippen LogP contribution in [0.2, 0.25) is 0 Å². The maximum Gasteiger partial charge on any atom is 0.233 e. The van der Waals surface area contributed by atoms with Crippen molar-refractivity contribution in [3.8, 4) is 22.8 Å². The second-order valence-corrected chi connectivity index (χ2v) is 8.32. The molecule has 3 aromatic carbocycles. The minimum Gasteiger partial charge on any atom is -0.497 e. The Kier molecular flexibility index (Phi) is 7.04. The molecule has 1 aromatic heterocycles. The SMILES string of the molecule is COc1cccc(CN(C)C(=O)CSc2nnc(-c3ccc(F)cc3)n2-c2ccccc2)c1. The molecule has 0 fully saturated rings.